The minimum absolute atomic E-state index is 0.164. The monoisotopic (exact) mass is 1400 g/mol. The van der Waals surface area contributed by atoms with Crippen LogP contribution in [0.5, 0.6) is 0 Å². The average molecular weight is 1400 g/mol. The largest absolute Gasteiger partial charge is 0.138 e. The predicted molar refractivity (Wildman–Crippen MR) is 442 cm³/mol. The summed E-state index contributed by atoms with van der Waals surface area (Å²) in [7, 11) is -5.08. The zero-order valence-corrected chi connectivity index (χ0v) is 65.2. The maximum absolute atomic E-state index is 3.25. The lowest BCUT2D eigenvalue weighted by Gasteiger charge is -2.70. The summed E-state index contributed by atoms with van der Waals surface area (Å²) < 4.78 is 0. The van der Waals surface area contributed by atoms with Gasteiger partial charge >= 0.3 is 0 Å². The molecule has 16 bridgehead atoms. The first-order valence-corrected chi connectivity index (χ1v) is 46.3. The maximum atomic E-state index is 3.25. The SMILES string of the molecule is Cc1cc(C(c2ccccc2)c2ccccc2)cc(C)c1-c1ccccc1[P+](C1=C(\[P+](c2ccccc2-c2c(C)cc(C(c3ccccc3)c3ccccc3)cc2C)(C23CC4CC(CC(C4)C2)C3)C23CC4CC(CC(C4)C2)C3)CCCC/C=C\1)(C12CC3CC(CC(C3)C1)C2)C12CC3CC(CC(C3)C1)C2. The van der Waals surface area contributed by atoms with Crippen molar-refractivity contribution in [2.45, 2.75) is 240 Å². The van der Waals surface area contributed by atoms with Crippen molar-refractivity contribution in [3.8, 4) is 22.3 Å². The second-order valence-corrected chi connectivity index (χ2v) is 47.5. The number of aryl methyl sites for hydroxylation is 4. The van der Waals surface area contributed by atoms with Crippen LogP contribution in [0.25, 0.3) is 22.3 Å². The molecule has 25 rings (SSSR count). The molecule has 8 aromatic rings. The highest BCUT2D eigenvalue weighted by Crippen LogP contribution is 2.98. The Balaban J connectivity index is 0.900. The van der Waals surface area contributed by atoms with Crippen LogP contribution in [0.1, 0.15) is 247 Å². The molecule has 17 aliphatic rings. The van der Waals surface area contributed by atoms with E-state index >= 15 is 0 Å². The van der Waals surface area contributed by atoms with Crippen LogP contribution in [0.4, 0.5) is 0 Å². The van der Waals surface area contributed by atoms with Gasteiger partial charge in [0.2, 0.25) is 0 Å². The molecule has 8 aromatic carbocycles. The van der Waals surface area contributed by atoms with Gasteiger partial charge in [-0.15, -0.1) is 0 Å². The molecule has 0 aliphatic heterocycles. The highest BCUT2D eigenvalue weighted by molar-refractivity contribution is 7.93. The summed E-state index contributed by atoms with van der Waals surface area (Å²) in [5.74, 6) is 10.7. The van der Waals surface area contributed by atoms with Crippen LogP contribution < -0.4 is 10.6 Å². The van der Waals surface area contributed by atoms with Gasteiger partial charge in [-0.05, 0) is 357 Å². The van der Waals surface area contributed by atoms with Crippen molar-refractivity contribution in [1.82, 2.24) is 0 Å². The van der Waals surface area contributed by atoms with Crippen molar-refractivity contribution >= 4 is 25.1 Å². The fourth-order valence-corrected chi connectivity index (χ4v) is 49.3. The van der Waals surface area contributed by atoms with E-state index in [1.54, 1.807) is 22.3 Å². The molecule has 104 heavy (non-hydrogen) atoms. The fraction of sp³-hybridized carbons (Fsp3) is 0.490. The molecule has 0 atom stereocenters. The molecule has 532 valence electrons. The van der Waals surface area contributed by atoms with Gasteiger partial charge in [0.25, 0.3) is 0 Å². The minimum Gasteiger partial charge on any atom is -0.0805 e. The second kappa shape index (κ2) is 25.3. The summed E-state index contributed by atoms with van der Waals surface area (Å²) >= 11 is 0. The molecule has 0 radical (unpaired) electrons. The molecule has 16 fully saturated rings. The molecule has 16 saturated carbocycles. The Labute approximate surface area is 626 Å². The van der Waals surface area contributed by atoms with Crippen molar-refractivity contribution in [1.29, 1.82) is 0 Å². The van der Waals surface area contributed by atoms with Gasteiger partial charge < -0.3 is 0 Å². The van der Waals surface area contributed by atoms with E-state index in [-0.39, 0.29) is 22.1 Å². The Kier molecular flexibility index (Phi) is 16.2. The molecule has 0 nitrogen and oxygen atoms in total. The van der Waals surface area contributed by atoms with Crippen molar-refractivity contribution in [3.05, 3.63) is 273 Å². The smallest absolute Gasteiger partial charge is 0.0805 e. The number of benzene rings is 8. The van der Waals surface area contributed by atoms with Gasteiger partial charge in [0.15, 0.2) is 0 Å². The normalized spacial score (nSPS) is 36.0. The first-order chi connectivity index (χ1) is 50.9. The third-order valence-electron chi connectivity index (χ3n) is 32.6. The first kappa shape index (κ1) is 66.3. The van der Waals surface area contributed by atoms with E-state index in [0.29, 0.717) is 10.3 Å². The van der Waals surface area contributed by atoms with E-state index in [4.69, 9.17) is 0 Å². The Morgan fingerprint density at radius 1 is 0.288 bits per heavy atom. The Bertz CT molecular complexity index is 4300. The number of hydrogen-bond donors (Lipinski definition) is 0. The first-order valence-electron chi connectivity index (χ1n) is 42.7. The lowest BCUT2D eigenvalue weighted by atomic mass is 9.55. The van der Waals surface area contributed by atoms with E-state index in [2.05, 4.69) is 245 Å². The van der Waals surface area contributed by atoms with Crippen LogP contribution in [0.2, 0.25) is 0 Å². The highest BCUT2D eigenvalue weighted by Gasteiger charge is 2.83. The van der Waals surface area contributed by atoms with E-state index in [9.17, 15) is 0 Å². The van der Waals surface area contributed by atoms with Crippen molar-refractivity contribution < 1.29 is 0 Å². The molecule has 2 heteroatoms. The van der Waals surface area contributed by atoms with Crippen LogP contribution in [0, 0.1) is 98.7 Å². The third-order valence-corrected chi connectivity index (χ3v) is 45.3. The lowest BCUT2D eigenvalue weighted by molar-refractivity contribution is 0.0167. The van der Waals surface area contributed by atoms with Gasteiger partial charge in [0, 0.05) is 29.4 Å². The number of allylic oxidation sites excluding steroid dienone is 4. The minimum atomic E-state index is -2.56. The topological polar surface area (TPSA) is 0 Å². The van der Waals surface area contributed by atoms with Gasteiger partial charge in [-0.1, -0.05) is 188 Å². The Morgan fingerprint density at radius 3 is 0.846 bits per heavy atom. The maximum Gasteiger partial charge on any atom is 0.138 e. The van der Waals surface area contributed by atoms with Crippen molar-refractivity contribution in [2.75, 3.05) is 0 Å². The summed E-state index contributed by atoms with van der Waals surface area (Å²) in [4.78, 5) is 0. The van der Waals surface area contributed by atoms with Crippen molar-refractivity contribution in [3.63, 3.8) is 0 Å². The van der Waals surface area contributed by atoms with E-state index in [1.807, 2.05) is 10.6 Å². The van der Waals surface area contributed by atoms with E-state index in [1.165, 1.54) is 235 Å². The molecule has 0 N–H and O–H groups in total. The molecule has 0 spiro atoms. The summed E-state index contributed by atoms with van der Waals surface area (Å²) in [5, 5.41) is 9.44. The van der Waals surface area contributed by atoms with E-state index < -0.39 is 14.5 Å². The molecule has 0 unspecified atom stereocenters. The quantitative estimate of drug-likeness (QED) is 0.0668. The highest BCUT2D eigenvalue weighted by atomic mass is 31.2. The second-order valence-electron chi connectivity index (χ2n) is 39.0. The molecule has 0 aromatic heterocycles. The average Bonchev–Trinajstić information content (AvgIpc) is 0.648. The van der Waals surface area contributed by atoms with Crippen LogP contribution in [-0.4, -0.2) is 20.6 Å². The summed E-state index contributed by atoms with van der Waals surface area (Å²) in [5.41, 5.74) is 21.0. The van der Waals surface area contributed by atoms with Crippen LogP contribution >= 0.6 is 14.5 Å². The van der Waals surface area contributed by atoms with Crippen LogP contribution in [0.3, 0.4) is 0 Å². The third kappa shape index (κ3) is 10.1. The summed E-state index contributed by atoms with van der Waals surface area (Å²) in [6, 6.07) is 79.3. The zero-order valence-electron chi connectivity index (χ0n) is 63.4. The standard InChI is InChI=1S/C102H116P2/c1-67-39-87(97(83-25-11-7-12-26-83)84-27-13-8-14-28-84)40-68(2)95(67)89-33-21-23-35-91(89)103(99-55-71-43-72(56-99)45-73(44-71)57-99,100-58-74-46-75(59-100)48-76(47-74)60-100)93-37-19-5-6-20-38-94(93)104(101-61-77-49-78(62-101)51-79(50-77)63-101,102-64-80-52-81(65-102)54-82(53-80)66-102)92-36-24-22-34-90(92)96-69(3)41-88(42-70(96)4)98(85-29-15-9-16-30-85)86-31-17-10-18-32-86/h7-19,21-37,39-42,71-82,97-98H,5-6,20,38,43-66H2,1-4H3/q+2/b37-19-,94-93-. The summed E-state index contributed by atoms with van der Waals surface area (Å²) in [6.07, 6.45) is 47.6. The lowest BCUT2D eigenvalue weighted by Crippen LogP contribution is -2.64. The zero-order chi connectivity index (χ0) is 69.3. The molecule has 17 aliphatic carbocycles. The molecule has 0 saturated heterocycles. The molecular weight excluding hydrogens is 1290 g/mol. The number of hydrogen-bond acceptors (Lipinski definition) is 0. The molecular formula is C102H116P2+2. The van der Waals surface area contributed by atoms with Crippen molar-refractivity contribution in [2.24, 2.45) is 71.0 Å². The fourth-order valence-electron chi connectivity index (χ4n) is 31.8. The Hall–Kier alpha value is -5.90. The summed E-state index contributed by atoms with van der Waals surface area (Å²) in [6.45, 7) is 10.3. The van der Waals surface area contributed by atoms with Gasteiger partial charge in [0.05, 0.1) is 35.1 Å². The van der Waals surface area contributed by atoms with Gasteiger partial charge in [-0.3, -0.25) is 0 Å². The van der Waals surface area contributed by atoms with E-state index in [0.717, 1.165) is 71.0 Å². The number of rotatable bonds is 16. The molecule has 0 heterocycles. The predicted octanol–water partition coefficient (Wildman–Crippen LogP) is 26.8. The Morgan fingerprint density at radius 2 is 0.548 bits per heavy atom. The molecule has 0 amide bonds. The van der Waals surface area contributed by atoms with Gasteiger partial charge in [-0.25, -0.2) is 0 Å². The van der Waals surface area contributed by atoms with Gasteiger partial charge in [0.1, 0.15) is 21.2 Å². The van der Waals surface area contributed by atoms with Gasteiger partial charge in [-0.2, -0.15) is 0 Å². The van der Waals surface area contributed by atoms with Crippen LogP contribution in [0.15, 0.2) is 217 Å². The van der Waals surface area contributed by atoms with Crippen LogP contribution in [-0.2, 0) is 0 Å².